The lowest BCUT2D eigenvalue weighted by Crippen LogP contribution is -2.34. The van der Waals surface area contributed by atoms with E-state index in [2.05, 4.69) is 38.4 Å². The predicted octanol–water partition coefficient (Wildman–Crippen LogP) is 1.77. The second-order valence-corrected chi connectivity index (χ2v) is 3.98. The highest BCUT2D eigenvalue weighted by molar-refractivity contribution is 9.09. The van der Waals surface area contributed by atoms with Gasteiger partial charge in [0.15, 0.2) is 0 Å². The second kappa shape index (κ2) is 6.50. The van der Waals surface area contributed by atoms with E-state index in [1.807, 2.05) is 0 Å². The molecule has 5 heteroatoms. The first-order valence-corrected chi connectivity index (χ1v) is 6.03. The van der Waals surface area contributed by atoms with E-state index in [-0.39, 0.29) is 11.9 Å². The van der Waals surface area contributed by atoms with E-state index in [0.29, 0.717) is 5.56 Å². The van der Waals surface area contributed by atoms with Crippen molar-refractivity contribution < 1.29 is 4.79 Å². The van der Waals surface area contributed by atoms with E-state index in [1.54, 1.807) is 6.07 Å². The summed E-state index contributed by atoms with van der Waals surface area (Å²) in [5.41, 5.74) is 0.554. The summed E-state index contributed by atoms with van der Waals surface area (Å²) in [5, 5.41) is 11.1. The number of alkyl halides is 1. The number of hydrogen-bond donors (Lipinski definition) is 1. The molecule has 0 spiro atoms. The fourth-order valence-electron chi connectivity index (χ4n) is 1.20. The highest BCUT2D eigenvalue weighted by Crippen LogP contribution is 2.02. The third kappa shape index (κ3) is 3.95. The lowest BCUT2D eigenvalue weighted by atomic mass is 10.1. The quantitative estimate of drug-likeness (QED) is 0.831. The average Bonchev–Trinajstić information content (AvgIpc) is 2.29. The van der Waals surface area contributed by atoms with E-state index in [9.17, 15) is 4.79 Å². The zero-order valence-electron chi connectivity index (χ0n) is 8.61. The normalized spacial score (nSPS) is 12.1. The zero-order chi connectivity index (χ0) is 11.1. The van der Waals surface area contributed by atoms with Crippen LogP contribution in [0.15, 0.2) is 18.5 Å². The molecule has 1 heterocycles. The van der Waals surface area contributed by atoms with Crippen LogP contribution in [0.5, 0.6) is 0 Å². The van der Waals surface area contributed by atoms with Crippen LogP contribution in [0.1, 0.15) is 30.1 Å². The Kier molecular flexibility index (Phi) is 5.25. The molecule has 82 valence electrons. The number of nitrogens with one attached hydrogen (secondary N) is 1. The van der Waals surface area contributed by atoms with Gasteiger partial charge in [-0.15, -0.1) is 0 Å². The molecule has 0 fully saturated rings. The molecule has 0 aliphatic heterocycles. The van der Waals surface area contributed by atoms with Gasteiger partial charge in [0, 0.05) is 11.4 Å². The second-order valence-electron chi connectivity index (χ2n) is 3.19. The smallest absolute Gasteiger partial charge is 0.253 e. The maximum absolute atomic E-state index is 11.7. The van der Waals surface area contributed by atoms with Crippen molar-refractivity contribution in [3.8, 4) is 0 Å². The van der Waals surface area contributed by atoms with Gasteiger partial charge in [-0.2, -0.15) is 10.2 Å². The van der Waals surface area contributed by atoms with Gasteiger partial charge in [0.05, 0.1) is 18.0 Å². The summed E-state index contributed by atoms with van der Waals surface area (Å²) in [6.07, 6.45) is 4.84. The highest BCUT2D eigenvalue weighted by Gasteiger charge is 2.11. The van der Waals surface area contributed by atoms with E-state index >= 15 is 0 Å². The van der Waals surface area contributed by atoms with Gasteiger partial charge < -0.3 is 5.32 Å². The Morgan fingerprint density at radius 2 is 2.40 bits per heavy atom. The number of aromatic nitrogens is 2. The molecule has 1 unspecified atom stereocenters. The molecule has 1 N–H and O–H groups in total. The van der Waals surface area contributed by atoms with Gasteiger partial charge >= 0.3 is 0 Å². The van der Waals surface area contributed by atoms with Crippen LogP contribution in [0, 0.1) is 0 Å². The van der Waals surface area contributed by atoms with Gasteiger partial charge in [-0.25, -0.2) is 0 Å². The average molecular weight is 272 g/mol. The molecule has 0 radical (unpaired) electrons. The molecule has 0 saturated heterocycles. The minimum absolute atomic E-state index is 0.0855. The molecule has 0 aromatic carbocycles. The molecule has 1 aromatic heterocycles. The molecule has 0 aliphatic carbocycles. The van der Waals surface area contributed by atoms with Gasteiger partial charge in [-0.3, -0.25) is 4.79 Å². The van der Waals surface area contributed by atoms with Gasteiger partial charge in [0.2, 0.25) is 0 Å². The van der Waals surface area contributed by atoms with Crippen LogP contribution in [-0.2, 0) is 0 Å². The van der Waals surface area contributed by atoms with Crippen LogP contribution in [0.25, 0.3) is 0 Å². The van der Waals surface area contributed by atoms with Crippen molar-refractivity contribution in [1.82, 2.24) is 15.5 Å². The Morgan fingerprint density at radius 1 is 1.60 bits per heavy atom. The van der Waals surface area contributed by atoms with Gasteiger partial charge in [-0.05, 0) is 18.9 Å². The Hall–Kier alpha value is -0.970. The molecule has 1 amide bonds. The molecular weight excluding hydrogens is 258 g/mol. The van der Waals surface area contributed by atoms with Crippen molar-refractivity contribution in [3.63, 3.8) is 0 Å². The number of carbonyl (C=O) groups is 1. The molecule has 1 rings (SSSR count). The van der Waals surface area contributed by atoms with Crippen molar-refractivity contribution in [3.05, 3.63) is 24.0 Å². The van der Waals surface area contributed by atoms with Crippen molar-refractivity contribution in [2.45, 2.75) is 25.8 Å². The molecule has 0 saturated carbocycles. The van der Waals surface area contributed by atoms with Gasteiger partial charge in [0.1, 0.15) is 0 Å². The van der Waals surface area contributed by atoms with Crippen LogP contribution in [0.2, 0.25) is 0 Å². The first-order valence-electron chi connectivity index (χ1n) is 4.91. The van der Waals surface area contributed by atoms with Crippen LogP contribution >= 0.6 is 15.9 Å². The van der Waals surface area contributed by atoms with E-state index in [0.717, 1.165) is 18.2 Å². The number of rotatable bonds is 5. The fraction of sp³-hybridized carbons (Fsp3) is 0.500. The topological polar surface area (TPSA) is 54.9 Å². The Balaban J connectivity index is 2.55. The molecular formula is C10H14BrN3O. The van der Waals surface area contributed by atoms with Crippen molar-refractivity contribution in [1.29, 1.82) is 0 Å². The van der Waals surface area contributed by atoms with Crippen LogP contribution < -0.4 is 5.32 Å². The third-order valence-electron chi connectivity index (χ3n) is 2.13. The van der Waals surface area contributed by atoms with Crippen LogP contribution in [0.3, 0.4) is 0 Å². The minimum atomic E-state index is -0.0855. The molecule has 15 heavy (non-hydrogen) atoms. The van der Waals surface area contributed by atoms with E-state index < -0.39 is 0 Å². The Bertz CT molecular complexity index is 305. The summed E-state index contributed by atoms with van der Waals surface area (Å²) < 4.78 is 0. The molecule has 0 bridgehead atoms. The van der Waals surface area contributed by atoms with E-state index in [1.165, 1.54) is 12.4 Å². The summed E-state index contributed by atoms with van der Waals surface area (Å²) in [7, 11) is 0. The number of halogens is 1. The summed E-state index contributed by atoms with van der Waals surface area (Å²) in [5.74, 6) is -0.0855. The number of amides is 1. The van der Waals surface area contributed by atoms with E-state index in [4.69, 9.17) is 0 Å². The minimum Gasteiger partial charge on any atom is -0.349 e. The largest absolute Gasteiger partial charge is 0.349 e. The molecule has 1 aromatic rings. The lowest BCUT2D eigenvalue weighted by Gasteiger charge is -2.15. The van der Waals surface area contributed by atoms with Gasteiger partial charge in [-0.1, -0.05) is 22.9 Å². The summed E-state index contributed by atoms with van der Waals surface area (Å²) in [6.45, 7) is 2.05. The number of nitrogens with zero attached hydrogens (tertiary/aromatic N) is 2. The fourth-order valence-corrected chi connectivity index (χ4v) is 1.76. The first kappa shape index (κ1) is 12.1. The Labute approximate surface area is 97.6 Å². The predicted molar refractivity (Wildman–Crippen MR) is 62.0 cm³/mol. The van der Waals surface area contributed by atoms with Crippen LogP contribution in [-0.4, -0.2) is 27.5 Å². The van der Waals surface area contributed by atoms with Crippen molar-refractivity contribution in [2.75, 3.05) is 5.33 Å². The molecule has 4 nitrogen and oxygen atoms in total. The number of hydrogen-bond acceptors (Lipinski definition) is 3. The third-order valence-corrected chi connectivity index (χ3v) is 2.59. The molecule has 1 atom stereocenters. The lowest BCUT2D eigenvalue weighted by molar-refractivity contribution is 0.0934. The number of carbonyl (C=O) groups excluding carboxylic acids is 1. The monoisotopic (exact) mass is 271 g/mol. The zero-order valence-corrected chi connectivity index (χ0v) is 10.2. The summed E-state index contributed by atoms with van der Waals surface area (Å²) >= 11 is 3.36. The van der Waals surface area contributed by atoms with Crippen LogP contribution in [0.4, 0.5) is 0 Å². The van der Waals surface area contributed by atoms with Crippen molar-refractivity contribution >= 4 is 21.8 Å². The SMILES string of the molecule is CCC(CCBr)NC(=O)c1ccnnc1. The Morgan fingerprint density at radius 3 is 2.93 bits per heavy atom. The molecule has 0 aliphatic rings. The standard InChI is InChI=1S/C10H14BrN3O/c1-2-9(3-5-11)14-10(15)8-4-6-12-13-7-8/h4,6-7,9H,2-3,5H2,1H3,(H,14,15). The summed E-state index contributed by atoms with van der Waals surface area (Å²) in [6, 6.07) is 1.87. The highest BCUT2D eigenvalue weighted by atomic mass is 79.9. The van der Waals surface area contributed by atoms with Gasteiger partial charge in [0.25, 0.3) is 5.91 Å². The van der Waals surface area contributed by atoms with Crippen molar-refractivity contribution in [2.24, 2.45) is 0 Å². The summed E-state index contributed by atoms with van der Waals surface area (Å²) in [4.78, 5) is 11.7. The first-order chi connectivity index (χ1) is 7.27. The maximum Gasteiger partial charge on any atom is 0.253 e. The maximum atomic E-state index is 11.7.